The fourth-order valence-electron chi connectivity index (χ4n) is 4.32. The first-order valence-corrected chi connectivity index (χ1v) is 10.1. The number of hydrogen-bond donors (Lipinski definition) is 3. The van der Waals surface area contributed by atoms with Crippen molar-refractivity contribution in [3.63, 3.8) is 0 Å². The molecular formula is C23H26N2O3. The second kappa shape index (κ2) is 7.30. The van der Waals surface area contributed by atoms with E-state index in [4.69, 9.17) is 0 Å². The van der Waals surface area contributed by atoms with Crippen LogP contribution in [0.2, 0.25) is 0 Å². The third-order valence-corrected chi connectivity index (χ3v) is 5.58. The summed E-state index contributed by atoms with van der Waals surface area (Å²) < 4.78 is 0. The molecule has 5 nitrogen and oxygen atoms in total. The summed E-state index contributed by atoms with van der Waals surface area (Å²) in [6, 6.07) is 8.85. The molecule has 0 aliphatic heterocycles. The molecule has 0 amide bonds. The first-order valence-electron chi connectivity index (χ1n) is 10.1. The largest absolute Gasteiger partial charge is 0.507 e. The second-order valence-electron chi connectivity index (χ2n) is 8.05. The van der Waals surface area contributed by atoms with E-state index < -0.39 is 0 Å². The quantitative estimate of drug-likeness (QED) is 0.612. The van der Waals surface area contributed by atoms with E-state index >= 15 is 0 Å². The van der Waals surface area contributed by atoms with Crippen LogP contribution in [0.3, 0.4) is 0 Å². The molecule has 5 heteroatoms. The second-order valence-corrected chi connectivity index (χ2v) is 8.05. The van der Waals surface area contributed by atoms with Crippen molar-refractivity contribution in [3.05, 3.63) is 52.6 Å². The third-order valence-electron chi connectivity index (χ3n) is 5.58. The number of benzene rings is 2. The molecule has 146 valence electrons. The minimum Gasteiger partial charge on any atom is -0.507 e. The van der Waals surface area contributed by atoms with Crippen LogP contribution in [0.25, 0.3) is 0 Å². The number of phenols is 1. The SMILES string of the molecule is CC(C)Nc1ccc(NC2CCCCC2)c2c1C(=O)c1cccc(O)c1C2=O. The minimum absolute atomic E-state index is 0.105. The van der Waals surface area contributed by atoms with Gasteiger partial charge in [0, 0.05) is 29.0 Å². The molecule has 0 bridgehead atoms. The Bertz CT molecular complexity index is 943. The number of phenolic OH excluding ortho intramolecular Hbond substituents is 1. The van der Waals surface area contributed by atoms with Crippen LogP contribution >= 0.6 is 0 Å². The van der Waals surface area contributed by atoms with Crippen LogP contribution in [-0.4, -0.2) is 28.8 Å². The molecule has 0 heterocycles. The maximum Gasteiger partial charge on any atom is 0.200 e. The highest BCUT2D eigenvalue weighted by Crippen LogP contribution is 2.40. The average molecular weight is 378 g/mol. The van der Waals surface area contributed by atoms with Crippen molar-refractivity contribution in [2.45, 2.75) is 58.0 Å². The Hall–Kier alpha value is -2.82. The van der Waals surface area contributed by atoms with Crippen molar-refractivity contribution in [2.75, 3.05) is 10.6 Å². The summed E-state index contributed by atoms with van der Waals surface area (Å²) in [5, 5.41) is 17.1. The predicted molar refractivity (Wildman–Crippen MR) is 111 cm³/mol. The van der Waals surface area contributed by atoms with Gasteiger partial charge in [0.2, 0.25) is 0 Å². The smallest absolute Gasteiger partial charge is 0.200 e. The van der Waals surface area contributed by atoms with Gasteiger partial charge in [0.1, 0.15) is 5.75 Å². The lowest BCUT2D eigenvalue weighted by Gasteiger charge is -2.28. The number of rotatable bonds is 4. The van der Waals surface area contributed by atoms with Crippen molar-refractivity contribution >= 4 is 22.9 Å². The molecule has 0 spiro atoms. The number of carbonyl (C=O) groups excluding carboxylic acids is 2. The van der Waals surface area contributed by atoms with Gasteiger partial charge in [-0.05, 0) is 44.9 Å². The highest BCUT2D eigenvalue weighted by molar-refractivity contribution is 6.32. The predicted octanol–water partition coefficient (Wildman–Crippen LogP) is 4.73. The third kappa shape index (κ3) is 3.15. The molecule has 0 aromatic heterocycles. The van der Waals surface area contributed by atoms with E-state index in [1.165, 1.54) is 25.3 Å². The van der Waals surface area contributed by atoms with Gasteiger partial charge in [-0.25, -0.2) is 0 Å². The molecule has 3 N–H and O–H groups in total. The summed E-state index contributed by atoms with van der Waals surface area (Å²) >= 11 is 0. The molecule has 2 aromatic carbocycles. The number of nitrogens with one attached hydrogen (secondary N) is 2. The lowest BCUT2D eigenvalue weighted by Crippen LogP contribution is -2.28. The normalized spacial score (nSPS) is 16.7. The number of anilines is 2. The van der Waals surface area contributed by atoms with Gasteiger partial charge in [0.15, 0.2) is 11.6 Å². The fraction of sp³-hybridized carbons (Fsp3) is 0.391. The number of carbonyl (C=O) groups is 2. The van der Waals surface area contributed by atoms with Gasteiger partial charge >= 0.3 is 0 Å². The van der Waals surface area contributed by atoms with E-state index in [-0.39, 0.29) is 34.5 Å². The van der Waals surface area contributed by atoms with Crippen molar-refractivity contribution in [2.24, 2.45) is 0 Å². The lowest BCUT2D eigenvalue weighted by atomic mass is 9.81. The van der Waals surface area contributed by atoms with Crippen molar-refractivity contribution in [1.82, 2.24) is 0 Å². The van der Waals surface area contributed by atoms with Gasteiger partial charge in [0.25, 0.3) is 0 Å². The molecule has 2 aromatic rings. The first-order chi connectivity index (χ1) is 13.5. The van der Waals surface area contributed by atoms with Crippen LogP contribution in [-0.2, 0) is 0 Å². The van der Waals surface area contributed by atoms with Gasteiger partial charge in [0.05, 0.1) is 16.7 Å². The van der Waals surface area contributed by atoms with E-state index in [2.05, 4.69) is 10.6 Å². The zero-order valence-corrected chi connectivity index (χ0v) is 16.3. The molecule has 4 rings (SSSR count). The number of hydrogen-bond acceptors (Lipinski definition) is 5. The van der Waals surface area contributed by atoms with Crippen LogP contribution in [0.5, 0.6) is 5.75 Å². The Morgan fingerprint density at radius 2 is 1.57 bits per heavy atom. The van der Waals surface area contributed by atoms with Crippen LogP contribution in [0.1, 0.15) is 77.8 Å². The van der Waals surface area contributed by atoms with Crippen molar-refractivity contribution in [1.29, 1.82) is 0 Å². The molecule has 0 radical (unpaired) electrons. The Balaban J connectivity index is 1.86. The first kappa shape index (κ1) is 18.5. The Morgan fingerprint density at radius 3 is 2.29 bits per heavy atom. The van der Waals surface area contributed by atoms with Gasteiger partial charge in [-0.15, -0.1) is 0 Å². The average Bonchev–Trinajstić information content (AvgIpc) is 2.67. The minimum atomic E-state index is -0.298. The van der Waals surface area contributed by atoms with E-state index in [1.807, 2.05) is 26.0 Å². The van der Waals surface area contributed by atoms with Crippen LogP contribution in [0.15, 0.2) is 30.3 Å². The van der Waals surface area contributed by atoms with E-state index in [0.717, 1.165) is 12.8 Å². The monoisotopic (exact) mass is 378 g/mol. The Kier molecular flexibility index (Phi) is 4.84. The Morgan fingerprint density at radius 1 is 0.893 bits per heavy atom. The summed E-state index contributed by atoms with van der Waals surface area (Å²) in [5.41, 5.74) is 2.48. The van der Waals surface area contributed by atoms with Gasteiger partial charge in [-0.2, -0.15) is 0 Å². The van der Waals surface area contributed by atoms with Gasteiger partial charge < -0.3 is 15.7 Å². The summed E-state index contributed by atoms with van der Waals surface area (Å²) in [5.74, 6) is -0.670. The summed E-state index contributed by atoms with van der Waals surface area (Å²) in [6.45, 7) is 3.99. The summed E-state index contributed by atoms with van der Waals surface area (Å²) in [6.07, 6.45) is 5.70. The molecule has 2 aliphatic carbocycles. The van der Waals surface area contributed by atoms with Crippen LogP contribution in [0.4, 0.5) is 11.4 Å². The molecule has 0 unspecified atom stereocenters. The summed E-state index contributed by atoms with van der Waals surface area (Å²) in [7, 11) is 0. The highest BCUT2D eigenvalue weighted by Gasteiger charge is 2.36. The van der Waals surface area contributed by atoms with Crippen LogP contribution in [0, 0.1) is 0 Å². The lowest BCUT2D eigenvalue weighted by molar-refractivity contribution is 0.0977. The maximum atomic E-state index is 13.4. The number of ketones is 2. The molecular weight excluding hydrogens is 352 g/mol. The van der Waals surface area contributed by atoms with Crippen molar-refractivity contribution in [3.8, 4) is 5.75 Å². The van der Waals surface area contributed by atoms with E-state index in [0.29, 0.717) is 28.5 Å². The van der Waals surface area contributed by atoms with Gasteiger partial charge in [-0.3, -0.25) is 9.59 Å². The molecule has 0 atom stereocenters. The molecule has 1 fully saturated rings. The zero-order chi connectivity index (χ0) is 19.8. The maximum absolute atomic E-state index is 13.4. The Labute approximate surface area is 165 Å². The summed E-state index contributed by atoms with van der Waals surface area (Å²) in [4.78, 5) is 26.7. The van der Waals surface area contributed by atoms with Crippen LogP contribution < -0.4 is 10.6 Å². The highest BCUT2D eigenvalue weighted by atomic mass is 16.3. The molecule has 0 saturated heterocycles. The number of fused-ring (bicyclic) bond motifs is 2. The topological polar surface area (TPSA) is 78.4 Å². The fourth-order valence-corrected chi connectivity index (χ4v) is 4.32. The van der Waals surface area contributed by atoms with E-state index in [9.17, 15) is 14.7 Å². The number of aromatic hydroxyl groups is 1. The van der Waals surface area contributed by atoms with Gasteiger partial charge in [-0.1, -0.05) is 31.4 Å². The van der Waals surface area contributed by atoms with Crippen molar-refractivity contribution < 1.29 is 14.7 Å². The standard InChI is InChI=1S/C23H26N2O3/c1-13(2)24-16-11-12-17(25-14-7-4-3-5-8-14)21-20(16)22(27)15-9-6-10-18(26)19(15)23(21)28/h6,9-14,24-26H,3-5,7-8H2,1-2H3. The molecule has 28 heavy (non-hydrogen) atoms. The molecule has 2 aliphatic rings. The van der Waals surface area contributed by atoms with E-state index in [1.54, 1.807) is 12.1 Å². The molecule has 1 saturated carbocycles. The zero-order valence-electron chi connectivity index (χ0n) is 16.3.